The second-order valence-electron chi connectivity index (χ2n) is 3.32. The Bertz CT molecular complexity index is 172. The van der Waals surface area contributed by atoms with Crippen molar-refractivity contribution >= 4 is 23.4 Å². The normalized spacial score (nSPS) is 10.0. The molecule has 0 heterocycles. The monoisotopic (exact) mass is 203 g/mol. The maximum absolute atomic E-state index is 7.33. The van der Waals surface area contributed by atoms with Crippen LogP contribution in [0.1, 0.15) is 27.7 Å². The van der Waals surface area contributed by atoms with E-state index in [2.05, 4.69) is 10.6 Å². The smallest absolute Gasteiger partial charge is 0.289 e. The van der Waals surface area contributed by atoms with Crippen molar-refractivity contribution in [2.45, 2.75) is 39.8 Å². The van der Waals surface area contributed by atoms with Crippen molar-refractivity contribution in [1.82, 2.24) is 10.6 Å². The minimum Gasteiger partial charge on any atom is -0.399 e. The number of thiocarbonyl (C=S) groups is 1. The summed E-state index contributed by atoms with van der Waals surface area (Å²) in [6, 6.07) is 0.377. The van der Waals surface area contributed by atoms with Gasteiger partial charge in [0.25, 0.3) is 11.2 Å². The maximum atomic E-state index is 7.33. The van der Waals surface area contributed by atoms with Crippen LogP contribution in [0.3, 0.4) is 0 Å². The first-order chi connectivity index (χ1) is 5.91. The highest BCUT2D eigenvalue weighted by Crippen LogP contribution is 1.85. The second kappa shape index (κ2) is 5.75. The summed E-state index contributed by atoms with van der Waals surface area (Å²) in [5.74, 6) is 0. The first kappa shape index (κ1) is 12.2. The molecule has 76 valence electrons. The van der Waals surface area contributed by atoms with Gasteiger partial charge in [-0.2, -0.15) is 0 Å². The number of ether oxygens (including phenoxy) is 1. The molecule has 0 aliphatic rings. The molecule has 0 unspecified atom stereocenters. The fourth-order valence-electron chi connectivity index (χ4n) is 0.650. The minimum atomic E-state index is -0.0202. The first-order valence-corrected chi connectivity index (χ1v) is 4.66. The van der Waals surface area contributed by atoms with E-state index in [1.165, 1.54) is 0 Å². The highest BCUT2D eigenvalue weighted by Gasteiger charge is 2.04. The molecule has 0 aliphatic heterocycles. The number of hydrogen-bond donors (Lipinski definition) is 3. The fraction of sp³-hybridized carbons (Fsp3) is 0.750. The summed E-state index contributed by atoms with van der Waals surface area (Å²) in [5.41, 5.74) is 0. The van der Waals surface area contributed by atoms with E-state index in [1.807, 2.05) is 27.7 Å². The first-order valence-electron chi connectivity index (χ1n) is 4.25. The molecule has 5 heteroatoms. The molecule has 0 aromatic rings. The van der Waals surface area contributed by atoms with Crippen molar-refractivity contribution in [3.63, 3.8) is 0 Å². The van der Waals surface area contributed by atoms with Crippen molar-refractivity contribution in [2.75, 3.05) is 0 Å². The van der Waals surface area contributed by atoms with Crippen LogP contribution < -0.4 is 10.6 Å². The van der Waals surface area contributed by atoms with Gasteiger partial charge >= 0.3 is 0 Å². The Kier molecular flexibility index (Phi) is 5.37. The standard InChI is InChI=1S/C8H17N3OS/c1-5(2)10-7(9)12-8(13)11-6(3)4/h5-6H,1-4H3,(H2,9,10)(H,11,13). The van der Waals surface area contributed by atoms with Gasteiger partial charge in [-0.1, -0.05) is 0 Å². The molecule has 0 saturated carbocycles. The van der Waals surface area contributed by atoms with Gasteiger partial charge in [-0.25, -0.2) is 0 Å². The van der Waals surface area contributed by atoms with E-state index in [0.29, 0.717) is 0 Å². The summed E-state index contributed by atoms with van der Waals surface area (Å²) >= 11 is 4.85. The molecule has 4 nitrogen and oxygen atoms in total. The summed E-state index contributed by atoms with van der Waals surface area (Å²) < 4.78 is 4.96. The molecule has 0 bridgehead atoms. The van der Waals surface area contributed by atoms with E-state index < -0.39 is 0 Å². The average molecular weight is 203 g/mol. The van der Waals surface area contributed by atoms with Gasteiger partial charge in [0.05, 0.1) is 0 Å². The fourth-order valence-corrected chi connectivity index (χ4v) is 0.969. The average Bonchev–Trinajstić information content (AvgIpc) is 1.80. The number of nitrogens with one attached hydrogen (secondary N) is 3. The van der Waals surface area contributed by atoms with Crippen LogP contribution in [0.5, 0.6) is 0 Å². The summed E-state index contributed by atoms with van der Waals surface area (Å²) in [6.07, 6.45) is 0. The second-order valence-corrected chi connectivity index (χ2v) is 3.69. The van der Waals surface area contributed by atoms with Crippen molar-refractivity contribution in [1.29, 1.82) is 5.41 Å². The molecule has 0 aliphatic carbocycles. The van der Waals surface area contributed by atoms with Crippen LogP contribution in [-0.2, 0) is 4.74 Å². The number of amidine groups is 1. The molecule has 13 heavy (non-hydrogen) atoms. The minimum absolute atomic E-state index is 0.0202. The van der Waals surface area contributed by atoms with Crippen LogP contribution in [0, 0.1) is 5.41 Å². The van der Waals surface area contributed by atoms with Gasteiger partial charge in [0.2, 0.25) is 0 Å². The topological polar surface area (TPSA) is 57.1 Å². The lowest BCUT2D eigenvalue weighted by Crippen LogP contribution is -2.38. The molecule has 0 aromatic carbocycles. The summed E-state index contributed by atoms with van der Waals surface area (Å²) in [7, 11) is 0. The van der Waals surface area contributed by atoms with E-state index >= 15 is 0 Å². The van der Waals surface area contributed by atoms with Gasteiger partial charge in [-0.05, 0) is 39.9 Å². The number of rotatable bonds is 2. The van der Waals surface area contributed by atoms with Gasteiger partial charge < -0.3 is 15.4 Å². The van der Waals surface area contributed by atoms with E-state index in [1.54, 1.807) is 0 Å². The molecular weight excluding hydrogens is 186 g/mol. The molecule has 0 atom stereocenters. The summed E-state index contributed by atoms with van der Waals surface area (Å²) in [6.45, 7) is 7.76. The van der Waals surface area contributed by atoms with Crippen LogP contribution in [0.4, 0.5) is 0 Å². The summed E-state index contributed by atoms with van der Waals surface area (Å²) in [5, 5.41) is 13.2. The van der Waals surface area contributed by atoms with E-state index in [4.69, 9.17) is 22.4 Å². The van der Waals surface area contributed by atoms with Crippen LogP contribution in [0.15, 0.2) is 0 Å². The molecule has 0 amide bonds. The lowest BCUT2D eigenvalue weighted by atomic mass is 10.4. The summed E-state index contributed by atoms with van der Waals surface area (Å²) in [4.78, 5) is 0. The Hall–Kier alpha value is -0.840. The lowest BCUT2D eigenvalue weighted by Gasteiger charge is -2.14. The molecule has 0 rings (SSSR count). The Morgan fingerprint density at radius 1 is 1.15 bits per heavy atom. The zero-order valence-electron chi connectivity index (χ0n) is 8.47. The molecule has 0 radical (unpaired) electrons. The van der Waals surface area contributed by atoms with Crippen LogP contribution in [0.2, 0.25) is 0 Å². The predicted molar refractivity (Wildman–Crippen MR) is 58.0 cm³/mol. The number of hydrogen-bond acceptors (Lipinski definition) is 3. The van der Waals surface area contributed by atoms with Crippen molar-refractivity contribution < 1.29 is 4.74 Å². The Labute approximate surface area is 84.6 Å². The highest BCUT2D eigenvalue weighted by molar-refractivity contribution is 7.80. The zero-order chi connectivity index (χ0) is 10.4. The zero-order valence-corrected chi connectivity index (χ0v) is 9.29. The third-order valence-corrected chi connectivity index (χ3v) is 1.22. The molecular formula is C8H17N3OS. The largest absolute Gasteiger partial charge is 0.399 e. The van der Waals surface area contributed by atoms with Gasteiger partial charge in [0.15, 0.2) is 0 Å². The third kappa shape index (κ3) is 7.52. The highest BCUT2D eigenvalue weighted by atomic mass is 32.1. The van der Waals surface area contributed by atoms with Gasteiger partial charge in [0.1, 0.15) is 0 Å². The third-order valence-electron chi connectivity index (χ3n) is 1.02. The van der Waals surface area contributed by atoms with Gasteiger partial charge in [-0.15, -0.1) is 0 Å². The quantitative estimate of drug-likeness (QED) is 0.359. The molecule has 3 N–H and O–H groups in total. The maximum Gasteiger partial charge on any atom is 0.289 e. The van der Waals surface area contributed by atoms with Gasteiger partial charge in [-0.3, -0.25) is 5.41 Å². The van der Waals surface area contributed by atoms with Crippen molar-refractivity contribution in [2.24, 2.45) is 0 Å². The SMILES string of the molecule is CC(C)NC(=N)OC(=S)NC(C)C. The lowest BCUT2D eigenvalue weighted by molar-refractivity contribution is 0.467. The molecule has 0 aromatic heterocycles. The Balaban J connectivity index is 3.72. The molecule has 0 saturated heterocycles. The van der Waals surface area contributed by atoms with Crippen LogP contribution >= 0.6 is 12.2 Å². The van der Waals surface area contributed by atoms with Crippen molar-refractivity contribution in [3.05, 3.63) is 0 Å². The van der Waals surface area contributed by atoms with Crippen LogP contribution in [-0.4, -0.2) is 23.3 Å². The Morgan fingerprint density at radius 2 is 1.62 bits per heavy atom. The van der Waals surface area contributed by atoms with E-state index in [-0.39, 0.29) is 23.3 Å². The Morgan fingerprint density at radius 3 is 2.00 bits per heavy atom. The van der Waals surface area contributed by atoms with E-state index in [0.717, 1.165) is 0 Å². The van der Waals surface area contributed by atoms with Crippen LogP contribution in [0.25, 0.3) is 0 Å². The van der Waals surface area contributed by atoms with E-state index in [9.17, 15) is 0 Å². The molecule has 0 spiro atoms. The van der Waals surface area contributed by atoms with Gasteiger partial charge in [0, 0.05) is 12.1 Å². The molecule has 0 fully saturated rings. The van der Waals surface area contributed by atoms with Crippen molar-refractivity contribution in [3.8, 4) is 0 Å². The predicted octanol–water partition coefficient (Wildman–Crippen LogP) is 1.22.